The van der Waals surface area contributed by atoms with Gasteiger partial charge in [0.1, 0.15) is 6.10 Å². The Morgan fingerprint density at radius 2 is 1.68 bits per heavy atom. The van der Waals surface area contributed by atoms with E-state index in [9.17, 15) is 9.36 Å². The van der Waals surface area contributed by atoms with Crippen molar-refractivity contribution in [2.75, 3.05) is 0 Å². The van der Waals surface area contributed by atoms with E-state index in [0.717, 1.165) is 27.8 Å². The molecule has 0 aromatic heterocycles. The molecule has 0 heterocycles. The highest BCUT2D eigenvalue weighted by atomic mass is 31.1. The molecule has 0 saturated heterocycles. The zero-order chi connectivity index (χ0) is 16.3. The lowest BCUT2D eigenvalue weighted by Gasteiger charge is -2.14. The van der Waals surface area contributed by atoms with Crippen LogP contribution in [-0.2, 0) is 9.09 Å². The molecule has 0 spiro atoms. The van der Waals surface area contributed by atoms with Gasteiger partial charge in [-0.05, 0) is 49.0 Å². The molecule has 0 radical (unpaired) electrons. The zero-order valence-corrected chi connectivity index (χ0v) is 14.3. The molecule has 2 aromatic rings. The second kappa shape index (κ2) is 6.95. The van der Waals surface area contributed by atoms with Gasteiger partial charge >= 0.3 is 8.69 Å². The summed E-state index contributed by atoms with van der Waals surface area (Å²) in [7, 11) is -0.848. The molecule has 2 atom stereocenters. The summed E-state index contributed by atoms with van der Waals surface area (Å²) >= 11 is 0. The van der Waals surface area contributed by atoms with E-state index in [0.29, 0.717) is 5.56 Å². The lowest BCUT2D eigenvalue weighted by Crippen LogP contribution is -2.11. The Balaban J connectivity index is 2.54. The lowest BCUT2D eigenvalue weighted by atomic mass is 9.90. The van der Waals surface area contributed by atoms with E-state index in [1.807, 2.05) is 51.1 Å². The van der Waals surface area contributed by atoms with Gasteiger partial charge in [0.05, 0.1) is 0 Å². The summed E-state index contributed by atoms with van der Waals surface area (Å²) in [4.78, 5) is 13.0. The van der Waals surface area contributed by atoms with Crippen molar-refractivity contribution in [3.05, 3.63) is 69.8 Å². The van der Waals surface area contributed by atoms with Crippen LogP contribution in [0.25, 0.3) is 0 Å². The molecule has 2 aromatic carbocycles. The van der Waals surface area contributed by atoms with Crippen molar-refractivity contribution in [3.63, 3.8) is 0 Å². The van der Waals surface area contributed by atoms with E-state index >= 15 is 0 Å². The molecule has 22 heavy (non-hydrogen) atoms. The van der Waals surface area contributed by atoms with Gasteiger partial charge in [-0.1, -0.05) is 42.0 Å². The highest BCUT2D eigenvalue weighted by Crippen LogP contribution is 2.28. The Kier molecular flexibility index (Phi) is 5.23. The van der Waals surface area contributed by atoms with Crippen molar-refractivity contribution in [2.24, 2.45) is 0 Å². The minimum atomic E-state index is -0.848. The Bertz CT molecular complexity index is 699. The van der Waals surface area contributed by atoms with Gasteiger partial charge < -0.3 is 0 Å². The predicted octanol–water partition coefficient (Wildman–Crippen LogP) is 4.86. The minimum absolute atomic E-state index is 0.0183. The summed E-state index contributed by atoms with van der Waals surface area (Å²) in [5, 5.41) is 0. The maximum Gasteiger partial charge on any atom is 0.494 e. The van der Waals surface area contributed by atoms with Crippen LogP contribution in [0.5, 0.6) is 0 Å². The molecule has 2 rings (SSSR count). The van der Waals surface area contributed by atoms with Crippen molar-refractivity contribution in [1.82, 2.24) is 0 Å². The standard InChI is InChI=1S/C18H20O3P/c1-11-9-12(2)17(13(3)10-11)18(19)16-8-6-5-7-15(16)14(4)21-22-20/h5-10,14,22H,1-4H3/q+1. The number of ketones is 1. The molecule has 4 heteroatoms. The number of hydrogen-bond acceptors (Lipinski definition) is 3. The van der Waals surface area contributed by atoms with Crippen LogP contribution in [0.15, 0.2) is 36.4 Å². The number of hydrogen-bond donors (Lipinski definition) is 0. The van der Waals surface area contributed by atoms with Crippen LogP contribution >= 0.6 is 8.69 Å². The maximum absolute atomic E-state index is 13.0. The van der Waals surface area contributed by atoms with Gasteiger partial charge in [0, 0.05) is 11.1 Å². The van der Waals surface area contributed by atoms with Gasteiger partial charge in [-0.25, -0.2) is 0 Å². The fourth-order valence-electron chi connectivity index (χ4n) is 2.87. The van der Waals surface area contributed by atoms with E-state index in [1.165, 1.54) is 0 Å². The summed E-state index contributed by atoms with van der Waals surface area (Å²) in [6.07, 6.45) is -0.387. The van der Waals surface area contributed by atoms with E-state index in [-0.39, 0.29) is 11.9 Å². The third-order valence-electron chi connectivity index (χ3n) is 3.77. The highest BCUT2D eigenvalue weighted by molar-refractivity contribution is 7.17. The Hall–Kier alpha value is -1.83. The van der Waals surface area contributed by atoms with Gasteiger partial charge in [-0.2, -0.15) is 0 Å². The van der Waals surface area contributed by atoms with Gasteiger partial charge in [-0.3, -0.25) is 4.79 Å². The monoisotopic (exact) mass is 315 g/mol. The van der Waals surface area contributed by atoms with Crippen LogP contribution in [0, 0.1) is 20.8 Å². The van der Waals surface area contributed by atoms with Crippen LogP contribution in [0.3, 0.4) is 0 Å². The van der Waals surface area contributed by atoms with Gasteiger partial charge in [0.25, 0.3) is 0 Å². The third kappa shape index (κ3) is 3.32. The first-order valence-electron chi connectivity index (χ1n) is 7.20. The molecule has 0 aliphatic rings. The summed E-state index contributed by atoms with van der Waals surface area (Å²) in [6.45, 7) is 7.72. The van der Waals surface area contributed by atoms with Gasteiger partial charge in [-0.15, -0.1) is 4.52 Å². The Labute approximate surface area is 132 Å². The number of carbonyl (C=O) groups excluding carboxylic acids is 1. The molecule has 0 bridgehead atoms. The molecular formula is C18H20O3P+. The molecule has 0 N–H and O–H groups in total. The SMILES string of the molecule is Cc1cc(C)c(C(=O)c2ccccc2C(C)O[PH+]=O)c(C)c1. The largest absolute Gasteiger partial charge is 0.494 e. The second-order valence-corrected chi connectivity index (χ2v) is 5.94. The first kappa shape index (κ1) is 16.5. The molecule has 2 unspecified atom stereocenters. The molecule has 0 saturated carbocycles. The van der Waals surface area contributed by atoms with Crippen LogP contribution < -0.4 is 0 Å². The van der Waals surface area contributed by atoms with Gasteiger partial charge in [0.2, 0.25) is 0 Å². The zero-order valence-electron chi connectivity index (χ0n) is 13.3. The quantitative estimate of drug-likeness (QED) is 0.584. The molecule has 114 valence electrons. The van der Waals surface area contributed by atoms with Crippen molar-refractivity contribution in [2.45, 2.75) is 33.8 Å². The fraction of sp³-hybridized carbons (Fsp3) is 0.278. The first-order chi connectivity index (χ1) is 10.5. The Morgan fingerprint density at radius 1 is 1.09 bits per heavy atom. The van der Waals surface area contributed by atoms with Crippen LogP contribution in [0.1, 0.15) is 51.2 Å². The summed E-state index contributed by atoms with van der Waals surface area (Å²) in [5.41, 5.74) is 5.17. The normalized spacial score (nSPS) is 12.4. The van der Waals surface area contributed by atoms with Crippen LogP contribution in [0.4, 0.5) is 0 Å². The van der Waals surface area contributed by atoms with Gasteiger partial charge in [0.15, 0.2) is 5.78 Å². The fourth-order valence-corrected chi connectivity index (χ4v) is 3.14. The average molecular weight is 315 g/mol. The van der Waals surface area contributed by atoms with Crippen molar-refractivity contribution >= 4 is 14.5 Å². The maximum atomic E-state index is 13.0. The van der Waals surface area contributed by atoms with E-state index in [1.54, 1.807) is 13.0 Å². The van der Waals surface area contributed by atoms with E-state index in [4.69, 9.17) is 4.52 Å². The van der Waals surface area contributed by atoms with E-state index < -0.39 is 8.69 Å². The predicted molar refractivity (Wildman–Crippen MR) is 89.0 cm³/mol. The van der Waals surface area contributed by atoms with Crippen molar-refractivity contribution in [3.8, 4) is 0 Å². The summed E-state index contributed by atoms with van der Waals surface area (Å²) in [5.74, 6) is -0.0183. The lowest BCUT2D eigenvalue weighted by molar-refractivity contribution is 0.103. The first-order valence-corrected chi connectivity index (χ1v) is 8.01. The average Bonchev–Trinajstić information content (AvgIpc) is 2.46. The number of benzene rings is 2. The summed E-state index contributed by atoms with van der Waals surface area (Å²) in [6, 6.07) is 11.4. The smallest absolute Gasteiger partial charge is 0.289 e. The molecule has 0 amide bonds. The second-order valence-electron chi connectivity index (χ2n) is 5.53. The third-order valence-corrected chi connectivity index (χ3v) is 4.22. The van der Waals surface area contributed by atoms with E-state index in [2.05, 4.69) is 0 Å². The van der Waals surface area contributed by atoms with Crippen molar-refractivity contribution in [1.29, 1.82) is 0 Å². The number of rotatable bonds is 5. The number of carbonyl (C=O) groups is 1. The molecule has 3 nitrogen and oxygen atoms in total. The van der Waals surface area contributed by atoms with Crippen LogP contribution in [-0.4, -0.2) is 5.78 Å². The van der Waals surface area contributed by atoms with Crippen molar-refractivity contribution < 1.29 is 13.9 Å². The topological polar surface area (TPSA) is 43.4 Å². The summed E-state index contributed by atoms with van der Waals surface area (Å²) < 4.78 is 15.9. The minimum Gasteiger partial charge on any atom is -0.289 e. The number of aryl methyl sites for hydroxylation is 3. The molecule has 0 aliphatic carbocycles. The highest BCUT2D eigenvalue weighted by Gasteiger charge is 2.22. The molecule has 0 aliphatic heterocycles. The van der Waals surface area contributed by atoms with Crippen LogP contribution in [0.2, 0.25) is 0 Å². The molecule has 0 fully saturated rings. The Morgan fingerprint density at radius 3 is 2.27 bits per heavy atom. The molecular weight excluding hydrogens is 295 g/mol.